The lowest BCUT2D eigenvalue weighted by Gasteiger charge is -2.06. The third-order valence-corrected chi connectivity index (χ3v) is 3.85. The normalized spacial score (nSPS) is 10.4. The highest BCUT2D eigenvalue weighted by atomic mass is 35.5. The van der Waals surface area contributed by atoms with E-state index in [-0.39, 0.29) is 6.42 Å². The first kappa shape index (κ1) is 16.2. The van der Waals surface area contributed by atoms with E-state index < -0.39 is 5.97 Å². The molecule has 0 fully saturated rings. The van der Waals surface area contributed by atoms with Gasteiger partial charge in [0.2, 0.25) is 0 Å². The maximum Gasteiger partial charge on any atom is 0.303 e. The molecule has 3 nitrogen and oxygen atoms in total. The van der Waals surface area contributed by atoms with E-state index in [4.69, 9.17) is 21.4 Å². The molecule has 5 heteroatoms. The SMILES string of the molecule is O=C(O)CCCCSCCCOc1ccc(Cl)cc1. The van der Waals surface area contributed by atoms with Crippen LogP contribution in [0.25, 0.3) is 0 Å². The van der Waals surface area contributed by atoms with Gasteiger partial charge >= 0.3 is 5.97 Å². The third kappa shape index (κ3) is 8.78. The first-order valence-electron chi connectivity index (χ1n) is 6.36. The summed E-state index contributed by atoms with van der Waals surface area (Å²) in [6.07, 6.45) is 3.01. The molecule has 0 aliphatic heterocycles. The average Bonchev–Trinajstić information content (AvgIpc) is 2.38. The molecule has 0 bridgehead atoms. The summed E-state index contributed by atoms with van der Waals surface area (Å²) in [5, 5.41) is 9.19. The summed E-state index contributed by atoms with van der Waals surface area (Å²) in [7, 11) is 0. The molecule has 1 N–H and O–H groups in total. The molecule has 0 heterocycles. The Hall–Kier alpha value is -0.870. The van der Waals surface area contributed by atoms with E-state index in [0.717, 1.165) is 36.5 Å². The van der Waals surface area contributed by atoms with Crippen molar-refractivity contribution < 1.29 is 14.6 Å². The molecule has 0 aliphatic carbocycles. The van der Waals surface area contributed by atoms with Crippen molar-refractivity contribution in [2.45, 2.75) is 25.7 Å². The van der Waals surface area contributed by atoms with E-state index in [2.05, 4.69) is 0 Å². The second-order valence-electron chi connectivity index (χ2n) is 4.12. The fraction of sp³-hybridized carbons (Fsp3) is 0.500. The Morgan fingerprint density at radius 1 is 1.16 bits per heavy atom. The molecule has 0 amide bonds. The van der Waals surface area contributed by atoms with Crippen LogP contribution in [0, 0.1) is 0 Å². The number of carbonyl (C=O) groups is 1. The Balaban J connectivity index is 1.91. The predicted octanol–water partition coefficient (Wildman–Crippen LogP) is 4.10. The highest BCUT2D eigenvalue weighted by Gasteiger charge is 1.97. The van der Waals surface area contributed by atoms with Crippen molar-refractivity contribution in [3.63, 3.8) is 0 Å². The quantitative estimate of drug-likeness (QED) is 0.661. The number of rotatable bonds is 10. The summed E-state index contributed by atoms with van der Waals surface area (Å²) in [5.74, 6) is 2.20. The molecule has 0 saturated carbocycles. The van der Waals surface area contributed by atoms with Gasteiger partial charge in [-0.05, 0) is 55.0 Å². The number of carboxylic acids is 1. The predicted molar refractivity (Wildman–Crippen MR) is 80.4 cm³/mol. The van der Waals surface area contributed by atoms with Gasteiger partial charge in [-0.2, -0.15) is 11.8 Å². The van der Waals surface area contributed by atoms with Crippen molar-refractivity contribution in [3.8, 4) is 5.75 Å². The molecule has 0 saturated heterocycles. The minimum absolute atomic E-state index is 0.278. The third-order valence-electron chi connectivity index (χ3n) is 2.44. The molecular weight excluding hydrogens is 284 g/mol. The van der Waals surface area contributed by atoms with Crippen LogP contribution >= 0.6 is 23.4 Å². The number of halogens is 1. The van der Waals surface area contributed by atoms with Gasteiger partial charge in [-0.25, -0.2) is 0 Å². The van der Waals surface area contributed by atoms with Gasteiger partial charge in [-0.1, -0.05) is 11.6 Å². The van der Waals surface area contributed by atoms with Crippen LogP contribution in [0.3, 0.4) is 0 Å². The van der Waals surface area contributed by atoms with Crippen molar-refractivity contribution in [2.75, 3.05) is 18.1 Å². The lowest BCUT2D eigenvalue weighted by molar-refractivity contribution is -0.137. The molecule has 0 atom stereocenters. The molecule has 1 rings (SSSR count). The van der Waals surface area contributed by atoms with E-state index in [1.54, 1.807) is 0 Å². The van der Waals surface area contributed by atoms with Gasteiger partial charge in [0.05, 0.1) is 6.61 Å². The molecule has 1 aromatic carbocycles. The largest absolute Gasteiger partial charge is 0.494 e. The zero-order chi connectivity index (χ0) is 13.9. The van der Waals surface area contributed by atoms with Crippen LogP contribution in [0.15, 0.2) is 24.3 Å². The number of benzene rings is 1. The second kappa shape index (κ2) is 9.98. The molecule has 106 valence electrons. The minimum atomic E-state index is -0.707. The fourth-order valence-electron chi connectivity index (χ4n) is 1.46. The van der Waals surface area contributed by atoms with Crippen molar-refractivity contribution in [1.29, 1.82) is 0 Å². The lowest BCUT2D eigenvalue weighted by Crippen LogP contribution is -1.99. The highest BCUT2D eigenvalue weighted by Crippen LogP contribution is 2.16. The summed E-state index contributed by atoms with van der Waals surface area (Å²) in [4.78, 5) is 10.3. The second-order valence-corrected chi connectivity index (χ2v) is 5.78. The smallest absolute Gasteiger partial charge is 0.303 e. The average molecular weight is 303 g/mol. The topological polar surface area (TPSA) is 46.5 Å². The summed E-state index contributed by atoms with van der Waals surface area (Å²) < 4.78 is 5.57. The van der Waals surface area contributed by atoms with E-state index in [9.17, 15) is 4.79 Å². The summed E-state index contributed by atoms with van der Waals surface area (Å²) >= 11 is 7.63. The number of hydrogen-bond donors (Lipinski definition) is 1. The molecule has 0 aromatic heterocycles. The van der Waals surface area contributed by atoms with Crippen LogP contribution in [0.2, 0.25) is 5.02 Å². The number of unbranched alkanes of at least 4 members (excludes halogenated alkanes) is 1. The van der Waals surface area contributed by atoms with E-state index in [1.165, 1.54) is 0 Å². The minimum Gasteiger partial charge on any atom is -0.494 e. The first-order chi connectivity index (χ1) is 9.18. The molecule has 0 spiro atoms. The van der Waals surface area contributed by atoms with Crippen LogP contribution in [0.4, 0.5) is 0 Å². The van der Waals surface area contributed by atoms with E-state index in [1.807, 2.05) is 36.0 Å². The van der Waals surface area contributed by atoms with Gasteiger partial charge < -0.3 is 9.84 Å². The summed E-state index contributed by atoms with van der Waals surface area (Å²) in [6.45, 7) is 0.698. The highest BCUT2D eigenvalue weighted by molar-refractivity contribution is 7.99. The van der Waals surface area contributed by atoms with Crippen molar-refractivity contribution >= 4 is 29.3 Å². The Bertz CT molecular complexity index is 367. The van der Waals surface area contributed by atoms with Gasteiger partial charge in [0.25, 0.3) is 0 Å². The van der Waals surface area contributed by atoms with Gasteiger partial charge in [0.15, 0.2) is 0 Å². The first-order valence-corrected chi connectivity index (χ1v) is 7.89. The standard InChI is InChI=1S/C14H19ClO3S/c15-12-5-7-13(8-6-12)18-9-3-11-19-10-2-1-4-14(16)17/h5-8H,1-4,9-11H2,(H,16,17). The Labute approximate surface area is 123 Å². The number of carboxylic acid groups (broad SMARTS) is 1. The van der Waals surface area contributed by atoms with Crippen molar-refractivity contribution in [2.24, 2.45) is 0 Å². The summed E-state index contributed by atoms with van der Waals surface area (Å²) in [6, 6.07) is 7.35. The van der Waals surface area contributed by atoms with Crippen LogP contribution in [-0.4, -0.2) is 29.2 Å². The van der Waals surface area contributed by atoms with Gasteiger partial charge in [0, 0.05) is 11.4 Å². The van der Waals surface area contributed by atoms with E-state index >= 15 is 0 Å². The number of aliphatic carboxylic acids is 1. The molecular formula is C14H19ClO3S. The van der Waals surface area contributed by atoms with Crippen LogP contribution in [0.5, 0.6) is 5.75 Å². The van der Waals surface area contributed by atoms with Crippen LogP contribution in [0.1, 0.15) is 25.7 Å². The fourth-order valence-corrected chi connectivity index (χ4v) is 2.52. The van der Waals surface area contributed by atoms with Crippen molar-refractivity contribution in [3.05, 3.63) is 29.3 Å². The molecule has 0 unspecified atom stereocenters. The zero-order valence-electron chi connectivity index (χ0n) is 10.8. The number of hydrogen-bond acceptors (Lipinski definition) is 3. The maximum absolute atomic E-state index is 10.3. The molecule has 1 aromatic rings. The summed E-state index contributed by atoms with van der Waals surface area (Å²) in [5.41, 5.74) is 0. The molecule has 0 radical (unpaired) electrons. The van der Waals surface area contributed by atoms with Gasteiger partial charge in [0.1, 0.15) is 5.75 Å². The Morgan fingerprint density at radius 2 is 1.84 bits per heavy atom. The molecule has 0 aliphatic rings. The zero-order valence-corrected chi connectivity index (χ0v) is 12.4. The Kier molecular flexibility index (Phi) is 8.50. The molecule has 19 heavy (non-hydrogen) atoms. The van der Waals surface area contributed by atoms with Crippen LogP contribution < -0.4 is 4.74 Å². The van der Waals surface area contributed by atoms with E-state index in [0.29, 0.717) is 11.6 Å². The van der Waals surface area contributed by atoms with Crippen LogP contribution in [-0.2, 0) is 4.79 Å². The van der Waals surface area contributed by atoms with Crippen molar-refractivity contribution in [1.82, 2.24) is 0 Å². The lowest BCUT2D eigenvalue weighted by atomic mass is 10.3. The van der Waals surface area contributed by atoms with Gasteiger partial charge in [-0.15, -0.1) is 0 Å². The number of ether oxygens (including phenoxy) is 1. The maximum atomic E-state index is 10.3. The van der Waals surface area contributed by atoms with Gasteiger partial charge in [-0.3, -0.25) is 4.79 Å². The Morgan fingerprint density at radius 3 is 2.53 bits per heavy atom. The monoisotopic (exact) mass is 302 g/mol. The number of thioether (sulfide) groups is 1.